The fourth-order valence-electron chi connectivity index (χ4n) is 2.47. The van der Waals surface area contributed by atoms with E-state index in [1.54, 1.807) is 18.3 Å². The molecule has 3 heteroatoms. The van der Waals surface area contributed by atoms with Crippen LogP contribution in [0.15, 0.2) is 60.8 Å². The zero-order valence-corrected chi connectivity index (χ0v) is 11.5. The van der Waals surface area contributed by atoms with Crippen molar-refractivity contribution in [3.63, 3.8) is 0 Å². The van der Waals surface area contributed by atoms with Crippen LogP contribution in [0, 0.1) is 0 Å². The van der Waals surface area contributed by atoms with Crippen molar-refractivity contribution in [2.45, 2.75) is 12.8 Å². The molecule has 1 heterocycles. The van der Waals surface area contributed by atoms with Gasteiger partial charge in [-0.15, -0.1) is 0 Å². The normalized spacial score (nSPS) is 10.7. The van der Waals surface area contributed by atoms with Crippen molar-refractivity contribution < 1.29 is 9.90 Å². The molecular weight excluding hydrogens is 262 g/mol. The van der Waals surface area contributed by atoms with Gasteiger partial charge in [0.2, 0.25) is 0 Å². The van der Waals surface area contributed by atoms with Crippen LogP contribution in [-0.4, -0.2) is 15.9 Å². The van der Waals surface area contributed by atoms with Crippen molar-refractivity contribution >= 4 is 16.7 Å². The number of hydrogen-bond acceptors (Lipinski definition) is 3. The summed E-state index contributed by atoms with van der Waals surface area (Å²) in [4.78, 5) is 16.4. The minimum absolute atomic E-state index is 0.0795. The summed E-state index contributed by atoms with van der Waals surface area (Å²) in [6.07, 6.45) is 2.59. The number of aromatic hydroxyl groups is 1. The number of benzene rings is 2. The lowest BCUT2D eigenvalue weighted by Gasteiger charge is -2.08. The van der Waals surface area contributed by atoms with E-state index >= 15 is 0 Å². The number of fused-ring (bicyclic) bond motifs is 1. The second kappa shape index (κ2) is 5.75. The van der Waals surface area contributed by atoms with Gasteiger partial charge < -0.3 is 5.11 Å². The number of Topliss-reactive ketones (excluding diaryl/α,β-unsaturated/α-hetero) is 1. The van der Waals surface area contributed by atoms with Gasteiger partial charge in [0.15, 0.2) is 5.78 Å². The molecule has 0 amide bonds. The molecule has 3 rings (SSSR count). The molecule has 0 saturated carbocycles. The molecule has 104 valence electrons. The molecule has 2 aromatic carbocycles. The zero-order chi connectivity index (χ0) is 14.7. The predicted octanol–water partition coefficient (Wildman–Crippen LogP) is 3.76. The molecule has 3 aromatic rings. The SMILES string of the molecule is O=C(CCc1c(O)ccc2ncccc12)c1ccccc1. The van der Waals surface area contributed by atoms with Crippen molar-refractivity contribution in [2.24, 2.45) is 0 Å². The molecule has 3 nitrogen and oxygen atoms in total. The Kier molecular flexibility index (Phi) is 3.65. The molecule has 0 aliphatic rings. The number of aromatic nitrogens is 1. The van der Waals surface area contributed by atoms with Crippen LogP contribution in [0.1, 0.15) is 22.3 Å². The topological polar surface area (TPSA) is 50.2 Å². The molecule has 0 fully saturated rings. The Labute approximate surface area is 122 Å². The van der Waals surface area contributed by atoms with E-state index in [-0.39, 0.29) is 11.5 Å². The number of aryl methyl sites for hydroxylation is 1. The second-order valence-electron chi connectivity index (χ2n) is 4.92. The summed E-state index contributed by atoms with van der Waals surface area (Å²) in [6.45, 7) is 0. The van der Waals surface area contributed by atoms with E-state index < -0.39 is 0 Å². The maximum atomic E-state index is 12.2. The second-order valence-corrected chi connectivity index (χ2v) is 4.92. The van der Waals surface area contributed by atoms with Crippen molar-refractivity contribution in [3.05, 3.63) is 71.9 Å². The first-order valence-electron chi connectivity index (χ1n) is 6.89. The van der Waals surface area contributed by atoms with Gasteiger partial charge in [0.1, 0.15) is 5.75 Å². The fraction of sp³-hybridized carbons (Fsp3) is 0.111. The summed E-state index contributed by atoms with van der Waals surface area (Å²) < 4.78 is 0. The molecule has 0 atom stereocenters. The number of carbonyl (C=O) groups is 1. The molecule has 0 aliphatic carbocycles. The highest BCUT2D eigenvalue weighted by Gasteiger charge is 2.11. The van der Waals surface area contributed by atoms with E-state index in [1.165, 1.54) is 0 Å². The van der Waals surface area contributed by atoms with E-state index in [0.717, 1.165) is 16.5 Å². The summed E-state index contributed by atoms with van der Waals surface area (Å²) >= 11 is 0. The van der Waals surface area contributed by atoms with Gasteiger partial charge in [0.25, 0.3) is 0 Å². The van der Waals surface area contributed by atoms with Crippen molar-refractivity contribution in [1.82, 2.24) is 4.98 Å². The Morgan fingerprint density at radius 2 is 1.81 bits per heavy atom. The Balaban J connectivity index is 1.86. The number of nitrogens with zero attached hydrogens (tertiary/aromatic N) is 1. The Morgan fingerprint density at radius 3 is 2.62 bits per heavy atom. The maximum Gasteiger partial charge on any atom is 0.163 e. The molecule has 0 aliphatic heterocycles. The van der Waals surface area contributed by atoms with Gasteiger partial charge in [-0.05, 0) is 24.6 Å². The van der Waals surface area contributed by atoms with Crippen LogP contribution in [0.3, 0.4) is 0 Å². The Hall–Kier alpha value is -2.68. The first kappa shape index (κ1) is 13.3. The lowest BCUT2D eigenvalue weighted by Crippen LogP contribution is -2.01. The highest BCUT2D eigenvalue weighted by Crippen LogP contribution is 2.27. The van der Waals surface area contributed by atoms with E-state index in [4.69, 9.17) is 0 Å². The van der Waals surface area contributed by atoms with Gasteiger partial charge in [-0.3, -0.25) is 9.78 Å². The van der Waals surface area contributed by atoms with E-state index in [1.807, 2.05) is 42.5 Å². The quantitative estimate of drug-likeness (QED) is 0.739. The number of rotatable bonds is 4. The molecule has 0 saturated heterocycles. The average Bonchev–Trinajstić information content (AvgIpc) is 2.54. The van der Waals surface area contributed by atoms with Crippen LogP contribution in [-0.2, 0) is 6.42 Å². The van der Waals surface area contributed by atoms with Gasteiger partial charge in [0.05, 0.1) is 5.52 Å². The van der Waals surface area contributed by atoms with Crippen molar-refractivity contribution in [1.29, 1.82) is 0 Å². The minimum Gasteiger partial charge on any atom is -0.508 e. The molecule has 0 radical (unpaired) electrons. The molecule has 0 unspecified atom stereocenters. The molecular formula is C18H15NO2. The lowest BCUT2D eigenvalue weighted by molar-refractivity contribution is 0.0983. The van der Waals surface area contributed by atoms with Crippen LogP contribution in [0.25, 0.3) is 10.9 Å². The summed E-state index contributed by atoms with van der Waals surface area (Å²) in [5, 5.41) is 11.0. The zero-order valence-electron chi connectivity index (χ0n) is 11.5. The van der Waals surface area contributed by atoms with Crippen LogP contribution in [0.5, 0.6) is 5.75 Å². The maximum absolute atomic E-state index is 12.2. The molecule has 1 aromatic heterocycles. The molecule has 0 spiro atoms. The first-order valence-corrected chi connectivity index (χ1v) is 6.89. The fourth-order valence-corrected chi connectivity index (χ4v) is 2.47. The number of phenols is 1. The monoisotopic (exact) mass is 277 g/mol. The Bertz CT molecular complexity index is 782. The van der Waals surface area contributed by atoms with Gasteiger partial charge in [-0.2, -0.15) is 0 Å². The smallest absolute Gasteiger partial charge is 0.163 e. The van der Waals surface area contributed by atoms with E-state index in [0.29, 0.717) is 18.4 Å². The van der Waals surface area contributed by atoms with Crippen LogP contribution >= 0.6 is 0 Å². The van der Waals surface area contributed by atoms with Gasteiger partial charge in [-0.1, -0.05) is 36.4 Å². The predicted molar refractivity (Wildman–Crippen MR) is 82.5 cm³/mol. The number of phenolic OH excluding ortho intramolecular Hbond substituents is 1. The number of hydrogen-bond donors (Lipinski definition) is 1. The largest absolute Gasteiger partial charge is 0.508 e. The van der Waals surface area contributed by atoms with E-state index in [9.17, 15) is 9.90 Å². The Morgan fingerprint density at radius 1 is 1.00 bits per heavy atom. The van der Waals surface area contributed by atoms with Crippen LogP contribution in [0.2, 0.25) is 0 Å². The standard InChI is InChI=1S/C18H15NO2/c20-17(13-5-2-1-3-6-13)10-8-15-14-7-4-12-19-16(14)9-11-18(15)21/h1-7,9,11-12,21H,8,10H2. The first-order chi connectivity index (χ1) is 10.3. The number of ketones is 1. The summed E-state index contributed by atoms with van der Waals surface area (Å²) in [5.74, 6) is 0.298. The molecule has 21 heavy (non-hydrogen) atoms. The number of carbonyl (C=O) groups excluding carboxylic acids is 1. The summed E-state index contributed by atoms with van der Waals surface area (Å²) in [7, 11) is 0. The van der Waals surface area contributed by atoms with Gasteiger partial charge in [0, 0.05) is 29.1 Å². The highest BCUT2D eigenvalue weighted by atomic mass is 16.3. The van der Waals surface area contributed by atoms with E-state index in [2.05, 4.69) is 4.98 Å². The molecule has 0 bridgehead atoms. The third-order valence-electron chi connectivity index (χ3n) is 3.57. The molecule has 1 N–H and O–H groups in total. The van der Waals surface area contributed by atoms with Gasteiger partial charge in [-0.25, -0.2) is 0 Å². The summed E-state index contributed by atoms with van der Waals surface area (Å²) in [6, 6.07) is 16.4. The lowest BCUT2D eigenvalue weighted by atomic mass is 9.99. The van der Waals surface area contributed by atoms with Crippen LogP contribution < -0.4 is 0 Å². The third-order valence-corrected chi connectivity index (χ3v) is 3.57. The highest BCUT2D eigenvalue weighted by molar-refractivity contribution is 5.96. The van der Waals surface area contributed by atoms with Crippen molar-refractivity contribution in [3.8, 4) is 5.75 Å². The minimum atomic E-state index is 0.0795. The van der Waals surface area contributed by atoms with Gasteiger partial charge >= 0.3 is 0 Å². The third kappa shape index (κ3) is 2.77. The number of pyridine rings is 1. The summed E-state index contributed by atoms with van der Waals surface area (Å²) in [5.41, 5.74) is 2.32. The van der Waals surface area contributed by atoms with Crippen molar-refractivity contribution in [2.75, 3.05) is 0 Å². The average molecular weight is 277 g/mol. The van der Waals surface area contributed by atoms with Crippen LogP contribution in [0.4, 0.5) is 0 Å².